The van der Waals surface area contributed by atoms with Crippen LogP contribution in [-0.4, -0.2) is 51.0 Å². The molecule has 40 heavy (non-hydrogen) atoms. The van der Waals surface area contributed by atoms with E-state index in [-0.39, 0.29) is 0 Å². The monoisotopic (exact) mass is 608 g/mol. The van der Waals surface area contributed by atoms with Crippen LogP contribution in [0.4, 0.5) is 0 Å². The molecule has 0 radical (unpaired) electrons. The molecule has 0 aliphatic heterocycles. The lowest BCUT2D eigenvalue weighted by molar-refractivity contribution is 0.985. The quantitative estimate of drug-likeness (QED) is 0.127. The maximum atomic E-state index is 5.81. The third-order valence-electron chi connectivity index (χ3n) is 5.16. The summed E-state index contributed by atoms with van der Waals surface area (Å²) in [5, 5.41) is 2.92. The largest absolute Gasteiger partial charge is 0.291 e. The molecule has 4 rings (SSSR count). The molecule has 0 saturated heterocycles. The summed E-state index contributed by atoms with van der Waals surface area (Å²) >= 11 is 23.2. The smallest absolute Gasteiger partial charge is 0.0585 e. The van der Waals surface area contributed by atoms with Crippen molar-refractivity contribution in [3.8, 4) is 0 Å². The molecule has 0 aliphatic carbocycles. The Morgan fingerprint density at radius 1 is 0.325 bits per heavy atom. The summed E-state index contributed by atoms with van der Waals surface area (Å²) in [4.78, 5) is 17.3. The van der Waals surface area contributed by atoms with Gasteiger partial charge in [0.2, 0.25) is 0 Å². The minimum Gasteiger partial charge on any atom is -0.291 e. The molecule has 4 aromatic carbocycles. The standard InChI is InChI=1S/2C16H14Cl2N2/c2*17-15-5-1-13(2-6-15)11-19-9-10-20-12-14-3-7-16(18)8-4-14/h2*1-8,11-12H,9-10H2. The first-order valence-corrected chi connectivity index (χ1v) is 14.0. The number of benzene rings is 4. The zero-order chi connectivity index (χ0) is 28.4. The van der Waals surface area contributed by atoms with Crippen molar-refractivity contribution in [1.29, 1.82) is 0 Å². The van der Waals surface area contributed by atoms with Gasteiger partial charge in [0.05, 0.1) is 26.2 Å². The molecule has 0 fully saturated rings. The lowest BCUT2D eigenvalue weighted by Gasteiger charge is -1.94. The molecule has 8 heteroatoms. The minimum atomic E-state index is 0.659. The molecule has 0 saturated carbocycles. The van der Waals surface area contributed by atoms with E-state index in [1.165, 1.54) is 0 Å². The topological polar surface area (TPSA) is 49.4 Å². The Kier molecular flexibility index (Phi) is 14.2. The van der Waals surface area contributed by atoms with Crippen LogP contribution in [0.3, 0.4) is 0 Å². The van der Waals surface area contributed by atoms with Crippen LogP contribution in [0.15, 0.2) is 117 Å². The van der Waals surface area contributed by atoms with Gasteiger partial charge in [-0.25, -0.2) is 0 Å². The van der Waals surface area contributed by atoms with Crippen molar-refractivity contribution in [2.24, 2.45) is 20.0 Å². The van der Waals surface area contributed by atoms with E-state index in [1.807, 2.05) is 122 Å². The SMILES string of the molecule is Clc1ccc(C=NCCN=Cc2ccc(Cl)cc2)cc1.Clc1ccc(C=NCCN=Cc2ccc(Cl)cc2)cc1. The van der Waals surface area contributed by atoms with Gasteiger partial charge in [-0.15, -0.1) is 0 Å². The summed E-state index contributed by atoms with van der Waals surface area (Å²) in [5.41, 5.74) is 4.15. The van der Waals surface area contributed by atoms with E-state index in [9.17, 15) is 0 Å². The fourth-order valence-electron chi connectivity index (χ4n) is 3.11. The molecule has 0 amide bonds. The van der Waals surface area contributed by atoms with Crippen molar-refractivity contribution in [3.63, 3.8) is 0 Å². The highest BCUT2D eigenvalue weighted by Crippen LogP contribution is 2.10. The number of rotatable bonds is 10. The van der Waals surface area contributed by atoms with E-state index in [4.69, 9.17) is 46.4 Å². The zero-order valence-corrected chi connectivity index (χ0v) is 24.7. The van der Waals surface area contributed by atoms with Crippen LogP contribution in [0.1, 0.15) is 22.3 Å². The Labute approximate surface area is 255 Å². The van der Waals surface area contributed by atoms with Crippen molar-refractivity contribution in [2.45, 2.75) is 0 Å². The fourth-order valence-corrected chi connectivity index (χ4v) is 3.61. The van der Waals surface area contributed by atoms with Gasteiger partial charge in [-0.3, -0.25) is 20.0 Å². The predicted molar refractivity (Wildman–Crippen MR) is 176 cm³/mol. The molecule has 0 atom stereocenters. The average molecular weight is 610 g/mol. The third kappa shape index (κ3) is 13.2. The molecule has 4 nitrogen and oxygen atoms in total. The van der Waals surface area contributed by atoms with Crippen LogP contribution in [-0.2, 0) is 0 Å². The van der Waals surface area contributed by atoms with Gasteiger partial charge in [-0.05, 0) is 70.8 Å². The zero-order valence-electron chi connectivity index (χ0n) is 21.7. The number of halogens is 4. The third-order valence-corrected chi connectivity index (χ3v) is 6.17. The van der Waals surface area contributed by atoms with Crippen molar-refractivity contribution in [1.82, 2.24) is 0 Å². The first kappa shape index (κ1) is 31.3. The summed E-state index contributed by atoms with van der Waals surface area (Å²) in [5.74, 6) is 0. The van der Waals surface area contributed by atoms with Gasteiger partial charge < -0.3 is 0 Å². The lowest BCUT2D eigenvalue weighted by atomic mass is 10.2. The van der Waals surface area contributed by atoms with Crippen molar-refractivity contribution in [2.75, 3.05) is 26.2 Å². The van der Waals surface area contributed by atoms with Crippen molar-refractivity contribution >= 4 is 71.3 Å². The number of nitrogens with zero attached hydrogens (tertiary/aromatic N) is 4. The normalized spacial score (nSPS) is 11.5. The molecule has 0 aliphatic rings. The number of hydrogen-bond acceptors (Lipinski definition) is 4. The van der Waals surface area contributed by atoms with E-state index in [1.54, 1.807) is 0 Å². The molecule has 0 spiro atoms. The summed E-state index contributed by atoms with van der Waals surface area (Å²) in [6.07, 6.45) is 7.31. The fraction of sp³-hybridized carbons (Fsp3) is 0.125. The lowest BCUT2D eigenvalue weighted by Crippen LogP contribution is -1.90. The van der Waals surface area contributed by atoms with Crippen LogP contribution in [0, 0.1) is 0 Å². The second-order valence-corrected chi connectivity index (χ2v) is 10.1. The molecular formula is C32H28Cl4N4. The predicted octanol–water partition coefficient (Wildman–Crippen LogP) is 9.06. The first-order chi connectivity index (χ1) is 19.5. The number of hydrogen-bond donors (Lipinski definition) is 0. The van der Waals surface area contributed by atoms with Gasteiger partial charge >= 0.3 is 0 Å². The Bertz CT molecular complexity index is 1170. The average Bonchev–Trinajstić information content (AvgIpc) is 2.97. The van der Waals surface area contributed by atoms with Crippen LogP contribution < -0.4 is 0 Å². The van der Waals surface area contributed by atoms with Crippen molar-refractivity contribution in [3.05, 3.63) is 139 Å². The van der Waals surface area contributed by atoms with E-state index >= 15 is 0 Å². The maximum absolute atomic E-state index is 5.81. The van der Waals surface area contributed by atoms with Gasteiger partial charge in [0.25, 0.3) is 0 Å². The van der Waals surface area contributed by atoms with Crippen LogP contribution in [0.2, 0.25) is 20.1 Å². The number of aliphatic imine (C=N–C) groups is 4. The Morgan fingerprint density at radius 3 is 0.675 bits per heavy atom. The van der Waals surface area contributed by atoms with Crippen LogP contribution in [0.5, 0.6) is 0 Å². The molecule has 4 aromatic rings. The summed E-state index contributed by atoms with van der Waals surface area (Å²) < 4.78 is 0. The Hall–Kier alpha value is -3.28. The van der Waals surface area contributed by atoms with Gasteiger partial charge in [0.1, 0.15) is 0 Å². The van der Waals surface area contributed by atoms with Crippen molar-refractivity contribution < 1.29 is 0 Å². The van der Waals surface area contributed by atoms with E-state index in [2.05, 4.69) is 20.0 Å². The molecule has 204 valence electrons. The summed E-state index contributed by atoms with van der Waals surface area (Å²) in [7, 11) is 0. The highest BCUT2D eigenvalue weighted by atomic mass is 35.5. The molecule has 0 aromatic heterocycles. The second-order valence-electron chi connectivity index (χ2n) is 8.35. The first-order valence-electron chi connectivity index (χ1n) is 12.5. The minimum absolute atomic E-state index is 0.659. The Morgan fingerprint density at radius 2 is 0.500 bits per heavy atom. The molecule has 0 unspecified atom stereocenters. The van der Waals surface area contributed by atoms with E-state index < -0.39 is 0 Å². The van der Waals surface area contributed by atoms with Gasteiger partial charge in [-0.2, -0.15) is 0 Å². The second kappa shape index (κ2) is 18.1. The maximum Gasteiger partial charge on any atom is 0.0585 e. The molecular weight excluding hydrogens is 582 g/mol. The molecule has 0 N–H and O–H groups in total. The van der Waals surface area contributed by atoms with Gasteiger partial charge in [0, 0.05) is 44.9 Å². The van der Waals surface area contributed by atoms with Crippen LogP contribution in [0.25, 0.3) is 0 Å². The highest BCUT2D eigenvalue weighted by molar-refractivity contribution is 6.31. The molecule has 0 heterocycles. The summed E-state index contributed by atoms with van der Waals surface area (Å²) in [6.45, 7) is 2.64. The highest BCUT2D eigenvalue weighted by Gasteiger charge is 1.91. The van der Waals surface area contributed by atoms with Gasteiger partial charge in [0.15, 0.2) is 0 Å². The Balaban J connectivity index is 0.000000220. The van der Waals surface area contributed by atoms with E-state index in [0.717, 1.165) is 42.3 Å². The molecule has 0 bridgehead atoms. The van der Waals surface area contributed by atoms with Crippen LogP contribution >= 0.6 is 46.4 Å². The van der Waals surface area contributed by atoms with Gasteiger partial charge in [-0.1, -0.05) is 94.9 Å². The van der Waals surface area contributed by atoms with E-state index in [0.29, 0.717) is 26.2 Å². The summed E-state index contributed by atoms with van der Waals surface area (Å²) in [6, 6.07) is 30.3.